The molecule has 1 saturated heterocycles. The minimum Gasteiger partial charge on any atom is -0.457 e. The Bertz CT molecular complexity index is 766. The van der Waals surface area contributed by atoms with Gasteiger partial charge in [0.15, 0.2) is 0 Å². The van der Waals surface area contributed by atoms with Gasteiger partial charge < -0.3 is 4.42 Å². The smallest absolute Gasteiger partial charge is 0.293 e. The van der Waals surface area contributed by atoms with Gasteiger partial charge in [-0.2, -0.15) is 0 Å². The van der Waals surface area contributed by atoms with Crippen molar-refractivity contribution in [3.8, 4) is 11.3 Å². The molecule has 2 aromatic rings. The van der Waals surface area contributed by atoms with Crippen LogP contribution in [0, 0.1) is 5.82 Å². The zero-order valence-corrected chi connectivity index (χ0v) is 11.8. The second-order valence-corrected chi connectivity index (χ2v) is 5.45. The third-order valence-electron chi connectivity index (χ3n) is 3.00. The third kappa shape index (κ3) is 2.62. The van der Waals surface area contributed by atoms with Crippen LogP contribution in [0.5, 0.6) is 0 Å². The number of hydrogen-bond donors (Lipinski definition) is 0. The highest BCUT2D eigenvalue weighted by atomic mass is 32.2. The average Bonchev–Trinajstić information content (AvgIpc) is 3.01. The zero-order chi connectivity index (χ0) is 15.0. The number of amides is 2. The van der Waals surface area contributed by atoms with Crippen molar-refractivity contribution in [3.63, 3.8) is 0 Å². The fourth-order valence-electron chi connectivity index (χ4n) is 1.90. The summed E-state index contributed by atoms with van der Waals surface area (Å²) in [6.07, 6.45) is 1.51. The first kappa shape index (κ1) is 13.6. The molecular weight excluding hydrogens is 293 g/mol. The maximum atomic E-state index is 13.2. The molecule has 1 fully saturated rings. The van der Waals surface area contributed by atoms with E-state index >= 15 is 0 Å². The lowest BCUT2D eigenvalue weighted by Crippen LogP contribution is -2.22. The first-order chi connectivity index (χ1) is 10.0. The van der Waals surface area contributed by atoms with Gasteiger partial charge in [-0.3, -0.25) is 14.5 Å². The molecule has 21 heavy (non-hydrogen) atoms. The summed E-state index contributed by atoms with van der Waals surface area (Å²) in [6.45, 7) is 0. The van der Waals surface area contributed by atoms with E-state index in [1.807, 2.05) is 0 Å². The van der Waals surface area contributed by atoms with Crippen molar-refractivity contribution >= 4 is 29.0 Å². The number of furan rings is 1. The summed E-state index contributed by atoms with van der Waals surface area (Å²) in [6, 6.07) is 9.40. The minimum atomic E-state index is -0.353. The summed E-state index contributed by atoms with van der Waals surface area (Å²) in [5.41, 5.74) is 0.609. The molecule has 0 atom stereocenters. The molecule has 0 saturated carbocycles. The number of carbonyl (C=O) groups excluding carboxylic acids is 2. The van der Waals surface area contributed by atoms with E-state index in [0.717, 1.165) is 16.7 Å². The van der Waals surface area contributed by atoms with Crippen molar-refractivity contribution in [2.24, 2.45) is 0 Å². The largest absolute Gasteiger partial charge is 0.457 e. The van der Waals surface area contributed by atoms with Gasteiger partial charge in [0.1, 0.15) is 17.3 Å². The number of benzene rings is 1. The van der Waals surface area contributed by atoms with Crippen LogP contribution in [-0.2, 0) is 4.79 Å². The minimum absolute atomic E-state index is 0.308. The number of imide groups is 1. The summed E-state index contributed by atoms with van der Waals surface area (Å²) in [5.74, 6) is 0.232. The lowest BCUT2D eigenvalue weighted by Gasteiger charge is -2.00. The van der Waals surface area contributed by atoms with Crippen LogP contribution in [0.1, 0.15) is 5.76 Å². The molecule has 4 nitrogen and oxygen atoms in total. The molecule has 2 amide bonds. The van der Waals surface area contributed by atoms with Gasteiger partial charge in [-0.15, -0.1) is 0 Å². The van der Waals surface area contributed by atoms with Gasteiger partial charge in [-0.05, 0) is 36.0 Å². The lowest BCUT2D eigenvalue weighted by molar-refractivity contribution is -0.121. The monoisotopic (exact) mass is 303 g/mol. The number of carbonyl (C=O) groups is 2. The van der Waals surface area contributed by atoms with Gasteiger partial charge >= 0.3 is 0 Å². The predicted octanol–water partition coefficient (Wildman–Crippen LogP) is 3.75. The maximum absolute atomic E-state index is 13.2. The molecule has 6 heteroatoms. The van der Waals surface area contributed by atoms with E-state index in [4.69, 9.17) is 4.42 Å². The van der Waals surface area contributed by atoms with Gasteiger partial charge in [0, 0.05) is 18.7 Å². The second-order valence-electron chi connectivity index (χ2n) is 4.45. The van der Waals surface area contributed by atoms with E-state index < -0.39 is 0 Å². The van der Waals surface area contributed by atoms with Crippen molar-refractivity contribution < 1.29 is 18.4 Å². The molecule has 0 bridgehead atoms. The van der Waals surface area contributed by atoms with Gasteiger partial charge in [0.2, 0.25) is 0 Å². The highest BCUT2D eigenvalue weighted by molar-refractivity contribution is 8.18. The van der Waals surface area contributed by atoms with Gasteiger partial charge in [-0.1, -0.05) is 12.1 Å². The van der Waals surface area contributed by atoms with E-state index in [1.54, 1.807) is 24.3 Å². The number of hydrogen-bond acceptors (Lipinski definition) is 4. The molecule has 0 spiro atoms. The first-order valence-corrected chi connectivity index (χ1v) is 6.93. The van der Waals surface area contributed by atoms with Crippen LogP contribution in [0.2, 0.25) is 0 Å². The average molecular weight is 303 g/mol. The summed E-state index contributed by atoms with van der Waals surface area (Å²) in [7, 11) is 1.43. The van der Waals surface area contributed by atoms with Gasteiger partial charge in [0.05, 0.1) is 4.91 Å². The Kier molecular flexibility index (Phi) is 3.39. The molecular formula is C15H10FNO3S. The second kappa shape index (κ2) is 5.21. The van der Waals surface area contributed by atoms with Crippen LogP contribution in [0.4, 0.5) is 9.18 Å². The van der Waals surface area contributed by atoms with E-state index in [9.17, 15) is 14.0 Å². The topological polar surface area (TPSA) is 50.5 Å². The molecule has 1 aliphatic heterocycles. The Hall–Kier alpha value is -2.34. The summed E-state index contributed by atoms with van der Waals surface area (Å²) < 4.78 is 18.7. The molecule has 0 unspecified atom stereocenters. The SMILES string of the molecule is CN1C(=O)SC(=Cc2ccc(-c3cccc(F)c3)o2)C1=O. The van der Waals surface area contributed by atoms with Crippen molar-refractivity contribution in [1.29, 1.82) is 0 Å². The van der Waals surface area contributed by atoms with Crippen LogP contribution >= 0.6 is 11.8 Å². The van der Waals surface area contributed by atoms with E-state index in [1.165, 1.54) is 25.3 Å². The number of rotatable bonds is 2. The standard InChI is InChI=1S/C15H10FNO3S/c1-17-14(18)13(21-15(17)19)8-11-5-6-12(20-11)9-3-2-4-10(16)7-9/h2-8H,1H3. The first-order valence-electron chi connectivity index (χ1n) is 6.12. The quantitative estimate of drug-likeness (QED) is 0.793. The van der Waals surface area contributed by atoms with Crippen molar-refractivity contribution in [2.45, 2.75) is 0 Å². The molecule has 0 aliphatic carbocycles. The van der Waals surface area contributed by atoms with Crippen LogP contribution in [-0.4, -0.2) is 23.1 Å². The summed E-state index contributed by atoms with van der Waals surface area (Å²) in [4.78, 5) is 24.5. The normalized spacial score (nSPS) is 17.0. The molecule has 1 aromatic heterocycles. The van der Waals surface area contributed by atoms with Gasteiger partial charge in [0.25, 0.3) is 11.1 Å². The van der Waals surface area contributed by atoms with Crippen molar-refractivity contribution in [2.75, 3.05) is 7.05 Å². The highest BCUT2D eigenvalue weighted by Gasteiger charge is 2.32. The van der Waals surface area contributed by atoms with E-state index in [-0.39, 0.29) is 17.0 Å². The van der Waals surface area contributed by atoms with Crippen LogP contribution in [0.15, 0.2) is 45.7 Å². The van der Waals surface area contributed by atoms with Crippen LogP contribution in [0.25, 0.3) is 17.4 Å². The molecule has 3 rings (SSSR count). The number of thioether (sulfide) groups is 1. The van der Waals surface area contributed by atoms with Crippen LogP contribution in [0.3, 0.4) is 0 Å². The Morgan fingerprint density at radius 2 is 2.05 bits per heavy atom. The molecule has 0 radical (unpaired) electrons. The Balaban J connectivity index is 1.89. The Morgan fingerprint density at radius 3 is 2.71 bits per heavy atom. The molecule has 2 heterocycles. The molecule has 1 aromatic carbocycles. The lowest BCUT2D eigenvalue weighted by atomic mass is 10.2. The van der Waals surface area contributed by atoms with Gasteiger partial charge in [-0.25, -0.2) is 4.39 Å². The fraction of sp³-hybridized carbons (Fsp3) is 0.0667. The Labute approximate surface area is 124 Å². The van der Waals surface area contributed by atoms with Crippen LogP contribution < -0.4 is 0 Å². The number of likely N-dealkylation sites (N-methyl/N-ethyl adjacent to an activating group) is 1. The van der Waals surface area contributed by atoms with E-state index in [0.29, 0.717) is 22.0 Å². The zero-order valence-electron chi connectivity index (χ0n) is 11.0. The predicted molar refractivity (Wildman–Crippen MR) is 77.8 cm³/mol. The molecule has 0 N–H and O–H groups in total. The third-order valence-corrected chi connectivity index (χ3v) is 3.96. The van der Waals surface area contributed by atoms with E-state index in [2.05, 4.69) is 0 Å². The maximum Gasteiger partial charge on any atom is 0.293 e. The number of nitrogens with zero attached hydrogens (tertiary/aromatic N) is 1. The summed E-state index contributed by atoms with van der Waals surface area (Å²) >= 11 is 0.863. The van der Waals surface area contributed by atoms with Crippen molar-refractivity contribution in [3.05, 3.63) is 52.9 Å². The fourth-order valence-corrected chi connectivity index (χ4v) is 2.71. The summed E-state index contributed by atoms with van der Waals surface area (Å²) in [5, 5.41) is -0.317. The highest BCUT2D eigenvalue weighted by Crippen LogP contribution is 2.32. The molecule has 106 valence electrons. The Morgan fingerprint density at radius 1 is 1.24 bits per heavy atom. The molecule has 1 aliphatic rings. The number of halogens is 1. The van der Waals surface area contributed by atoms with Crippen molar-refractivity contribution in [1.82, 2.24) is 4.90 Å².